The zero-order valence-corrected chi connectivity index (χ0v) is 12.1. The van der Waals surface area contributed by atoms with Crippen LogP contribution in [0.2, 0.25) is 0 Å². The van der Waals surface area contributed by atoms with Gasteiger partial charge < -0.3 is 5.73 Å². The monoisotopic (exact) mass is 258 g/mol. The third kappa shape index (κ3) is 2.68. The molecule has 2 N–H and O–H groups in total. The summed E-state index contributed by atoms with van der Waals surface area (Å²) in [5.41, 5.74) is 12.3. The Kier molecular flexibility index (Phi) is 4.00. The summed E-state index contributed by atoms with van der Waals surface area (Å²) < 4.78 is 1.91. The van der Waals surface area contributed by atoms with Crippen molar-refractivity contribution in [2.45, 2.75) is 46.7 Å². The lowest BCUT2D eigenvalue weighted by atomic mass is 9.93. The van der Waals surface area contributed by atoms with Crippen molar-refractivity contribution in [2.75, 3.05) is 0 Å². The second-order valence-corrected chi connectivity index (χ2v) is 5.17. The number of nitrogens with zero attached hydrogens (tertiary/aromatic N) is 3. The molecule has 0 radical (unpaired) electrons. The van der Waals surface area contributed by atoms with Gasteiger partial charge in [0, 0.05) is 6.54 Å². The molecule has 0 aliphatic rings. The Morgan fingerprint density at radius 2 is 1.84 bits per heavy atom. The highest BCUT2D eigenvalue weighted by Crippen LogP contribution is 2.26. The van der Waals surface area contributed by atoms with Crippen molar-refractivity contribution in [2.24, 2.45) is 5.73 Å². The quantitative estimate of drug-likeness (QED) is 0.917. The molecule has 0 spiro atoms. The Bertz CT molecular complexity index is 548. The summed E-state index contributed by atoms with van der Waals surface area (Å²) in [4.78, 5) is 0. The van der Waals surface area contributed by atoms with E-state index in [-0.39, 0.29) is 6.04 Å². The maximum absolute atomic E-state index is 6.44. The SMILES string of the molecule is CCCn1nncc1C(N)c1c(C)cc(C)cc1C. The predicted molar refractivity (Wildman–Crippen MR) is 77.0 cm³/mol. The van der Waals surface area contributed by atoms with Gasteiger partial charge in [-0.05, 0) is 43.9 Å². The van der Waals surface area contributed by atoms with Gasteiger partial charge >= 0.3 is 0 Å². The highest BCUT2D eigenvalue weighted by molar-refractivity contribution is 5.42. The molecule has 0 bridgehead atoms. The second-order valence-electron chi connectivity index (χ2n) is 5.17. The topological polar surface area (TPSA) is 56.7 Å². The molecule has 0 amide bonds. The van der Waals surface area contributed by atoms with E-state index in [0.717, 1.165) is 18.7 Å². The summed E-state index contributed by atoms with van der Waals surface area (Å²) in [5.74, 6) is 0. The van der Waals surface area contributed by atoms with Gasteiger partial charge in [0.05, 0.1) is 17.9 Å². The van der Waals surface area contributed by atoms with Crippen LogP contribution in [-0.2, 0) is 6.54 Å². The van der Waals surface area contributed by atoms with Crippen LogP contribution in [0.15, 0.2) is 18.3 Å². The van der Waals surface area contributed by atoms with Crippen LogP contribution in [0.5, 0.6) is 0 Å². The Labute approximate surface area is 114 Å². The maximum Gasteiger partial charge on any atom is 0.0799 e. The zero-order valence-electron chi connectivity index (χ0n) is 12.1. The van der Waals surface area contributed by atoms with Gasteiger partial charge in [-0.2, -0.15) is 0 Å². The van der Waals surface area contributed by atoms with Crippen LogP contribution in [0.1, 0.15) is 47.3 Å². The molecule has 2 aromatic rings. The van der Waals surface area contributed by atoms with Crippen molar-refractivity contribution in [1.82, 2.24) is 15.0 Å². The van der Waals surface area contributed by atoms with Crippen molar-refractivity contribution in [3.63, 3.8) is 0 Å². The molecule has 1 atom stereocenters. The van der Waals surface area contributed by atoms with E-state index in [9.17, 15) is 0 Å². The number of hydrogen-bond donors (Lipinski definition) is 1. The normalized spacial score (nSPS) is 12.7. The molecule has 2 rings (SSSR count). The number of aromatic nitrogens is 3. The standard InChI is InChI=1S/C15H22N4/c1-5-6-19-13(9-17-18-19)15(16)14-11(3)7-10(2)8-12(14)4/h7-9,15H,5-6,16H2,1-4H3. The lowest BCUT2D eigenvalue weighted by Crippen LogP contribution is -2.19. The number of rotatable bonds is 4. The number of hydrogen-bond acceptors (Lipinski definition) is 3. The van der Waals surface area contributed by atoms with Crippen LogP contribution in [0.25, 0.3) is 0 Å². The second kappa shape index (κ2) is 5.53. The summed E-state index contributed by atoms with van der Waals surface area (Å²) in [5, 5.41) is 8.11. The van der Waals surface area contributed by atoms with Crippen molar-refractivity contribution in [3.05, 3.63) is 46.3 Å². The molecule has 102 valence electrons. The molecule has 0 aliphatic heterocycles. The molecule has 4 nitrogen and oxygen atoms in total. The van der Waals surface area contributed by atoms with Gasteiger partial charge in [0.1, 0.15) is 0 Å². The van der Waals surface area contributed by atoms with Crippen molar-refractivity contribution in [1.29, 1.82) is 0 Å². The van der Waals surface area contributed by atoms with Gasteiger partial charge in [0.2, 0.25) is 0 Å². The lowest BCUT2D eigenvalue weighted by molar-refractivity contribution is 0.542. The highest BCUT2D eigenvalue weighted by Gasteiger charge is 2.18. The van der Waals surface area contributed by atoms with Gasteiger partial charge in [-0.1, -0.05) is 29.8 Å². The van der Waals surface area contributed by atoms with Crippen LogP contribution in [0.4, 0.5) is 0 Å². The van der Waals surface area contributed by atoms with Gasteiger partial charge in [-0.25, -0.2) is 4.68 Å². The lowest BCUT2D eigenvalue weighted by Gasteiger charge is -2.19. The number of nitrogens with two attached hydrogens (primary N) is 1. The fourth-order valence-electron chi connectivity index (χ4n) is 2.72. The molecule has 1 aromatic carbocycles. The van der Waals surface area contributed by atoms with Crippen LogP contribution >= 0.6 is 0 Å². The largest absolute Gasteiger partial charge is 0.319 e. The van der Waals surface area contributed by atoms with Crippen molar-refractivity contribution in [3.8, 4) is 0 Å². The Morgan fingerprint density at radius 3 is 2.42 bits per heavy atom. The number of aryl methyl sites for hydroxylation is 4. The molecule has 0 saturated carbocycles. The first-order valence-corrected chi connectivity index (χ1v) is 6.76. The summed E-state index contributed by atoms with van der Waals surface area (Å²) in [6.45, 7) is 9.32. The summed E-state index contributed by atoms with van der Waals surface area (Å²) in [7, 11) is 0. The average molecular weight is 258 g/mol. The third-order valence-corrected chi connectivity index (χ3v) is 3.45. The van der Waals surface area contributed by atoms with Crippen LogP contribution in [0, 0.1) is 20.8 Å². The van der Waals surface area contributed by atoms with E-state index in [0.29, 0.717) is 0 Å². The first-order valence-electron chi connectivity index (χ1n) is 6.76. The van der Waals surface area contributed by atoms with Crippen molar-refractivity contribution >= 4 is 0 Å². The molecule has 19 heavy (non-hydrogen) atoms. The van der Waals surface area contributed by atoms with E-state index < -0.39 is 0 Å². The molecular formula is C15H22N4. The first-order chi connectivity index (χ1) is 9.04. The fourth-order valence-corrected chi connectivity index (χ4v) is 2.72. The molecule has 4 heteroatoms. The fraction of sp³-hybridized carbons (Fsp3) is 0.467. The van der Waals surface area contributed by atoms with Crippen LogP contribution in [-0.4, -0.2) is 15.0 Å². The third-order valence-electron chi connectivity index (χ3n) is 3.45. The smallest absolute Gasteiger partial charge is 0.0799 e. The van der Waals surface area contributed by atoms with E-state index in [4.69, 9.17) is 5.73 Å². The molecular weight excluding hydrogens is 236 g/mol. The van der Waals surface area contributed by atoms with Gasteiger partial charge in [-0.15, -0.1) is 5.10 Å². The summed E-state index contributed by atoms with van der Waals surface area (Å²) in [6.07, 6.45) is 2.80. The van der Waals surface area contributed by atoms with E-state index >= 15 is 0 Å². The predicted octanol–water partition coefficient (Wildman–Crippen LogP) is 2.66. The van der Waals surface area contributed by atoms with Crippen LogP contribution < -0.4 is 5.73 Å². The van der Waals surface area contributed by atoms with E-state index in [1.165, 1.54) is 22.3 Å². The van der Waals surface area contributed by atoms with Gasteiger partial charge in [0.15, 0.2) is 0 Å². The summed E-state index contributed by atoms with van der Waals surface area (Å²) in [6, 6.07) is 4.19. The maximum atomic E-state index is 6.44. The van der Waals surface area contributed by atoms with E-state index in [1.807, 2.05) is 4.68 Å². The zero-order chi connectivity index (χ0) is 14.0. The first kappa shape index (κ1) is 13.7. The molecule has 1 unspecified atom stereocenters. The van der Waals surface area contributed by atoms with E-state index in [2.05, 4.69) is 50.1 Å². The minimum absolute atomic E-state index is 0.165. The minimum Gasteiger partial charge on any atom is -0.319 e. The highest BCUT2D eigenvalue weighted by atomic mass is 15.4. The number of benzene rings is 1. The summed E-state index contributed by atoms with van der Waals surface area (Å²) >= 11 is 0. The van der Waals surface area contributed by atoms with Gasteiger partial charge in [0.25, 0.3) is 0 Å². The Hall–Kier alpha value is -1.68. The van der Waals surface area contributed by atoms with E-state index in [1.54, 1.807) is 6.20 Å². The average Bonchev–Trinajstić information content (AvgIpc) is 2.76. The molecule has 0 saturated heterocycles. The molecule has 1 aromatic heterocycles. The molecule has 0 aliphatic carbocycles. The minimum atomic E-state index is -0.165. The Morgan fingerprint density at radius 1 is 1.21 bits per heavy atom. The molecule has 1 heterocycles. The Balaban J connectivity index is 2.44. The van der Waals surface area contributed by atoms with Crippen molar-refractivity contribution < 1.29 is 0 Å². The van der Waals surface area contributed by atoms with Crippen LogP contribution in [0.3, 0.4) is 0 Å². The molecule has 0 fully saturated rings. The van der Waals surface area contributed by atoms with Gasteiger partial charge in [-0.3, -0.25) is 0 Å².